The van der Waals surface area contributed by atoms with Crippen molar-refractivity contribution >= 4 is 11.9 Å². The lowest BCUT2D eigenvalue weighted by molar-refractivity contribution is -0.149. The zero-order chi connectivity index (χ0) is 17.2. The van der Waals surface area contributed by atoms with Crippen LogP contribution in [0.4, 0.5) is 0 Å². The molecule has 1 N–H and O–H groups in total. The highest BCUT2D eigenvalue weighted by Gasteiger charge is 2.55. The number of carbonyl (C=O) groups excluding carboxylic acids is 1. The number of ether oxygens (including phenoxy) is 1. The first-order chi connectivity index (χ1) is 11.5. The molecule has 1 saturated carbocycles. The third-order valence-corrected chi connectivity index (χ3v) is 5.51. The van der Waals surface area contributed by atoms with Gasteiger partial charge in [-0.15, -0.1) is 0 Å². The number of amides is 1. The number of aryl methyl sites for hydroxylation is 1. The van der Waals surface area contributed by atoms with Crippen LogP contribution >= 0.6 is 0 Å². The van der Waals surface area contributed by atoms with E-state index in [9.17, 15) is 14.7 Å². The second-order valence-electron chi connectivity index (χ2n) is 6.90. The van der Waals surface area contributed by atoms with Gasteiger partial charge in [-0.05, 0) is 49.8 Å². The fourth-order valence-electron chi connectivity index (χ4n) is 4.16. The second kappa shape index (κ2) is 6.83. The number of likely N-dealkylation sites (tertiary alicyclic amines) is 1. The molecule has 1 heterocycles. The fraction of sp³-hybridized carbons (Fsp3) is 0.579. The van der Waals surface area contributed by atoms with Gasteiger partial charge in [-0.25, -0.2) is 0 Å². The van der Waals surface area contributed by atoms with Crippen molar-refractivity contribution in [2.24, 2.45) is 11.3 Å². The van der Waals surface area contributed by atoms with Crippen LogP contribution in [0, 0.1) is 11.3 Å². The van der Waals surface area contributed by atoms with Gasteiger partial charge in [0.2, 0.25) is 5.91 Å². The molecule has 0 bridgehead atoms. The maximum atomic E-state index is 12.5. The van der Waals surface area contributed by atoms with Gasteiger partial charge in [0, 0.05) is 19.5 Å². The first kappa shape index (κ1) is 16.8. The Balaban J connectivity index is 1.55. The van der Waals surface area contributed by atoms with Gasteiger partial charge in [0.25, 0.3) is 0 Å². The van der Waals surface area contributed by atoms with Crippen molar-refractivity contribution in [1.82, 2.24) is 4.90 Å². The number of hydrogen-bond acceptors (Lipinski definition) is 3. The predicted octanol–water partition coefficient (Wildman–Crippen LogP) is 2.73. The molecule has 0 unspecified atom stereocenters. The zero-order valence-corrected chi connectivity index (χ0v) is 14.2. The van der Waals surface area contributed by atoms with Gasteiger partial charge in [-0.1, -0.05) is 18.6 Å². The molecule has 0 radical (unpaired) electrons. The van der Waals surface area contributed by atoms with E-state index in [2.05, 4.69) is 0 Å². The minimum Gasteiger partial charge on any atom is -0.494 e. The zero-order valence-electron chi connectivity index (χ0n) is 14.2. The number of carboxylic acid groups (broad SMARTS) is 1. The van der Waals surface area contributed by atoms with Gasteiger partial charge in [-0.3, -0.25) is 9.59 Å². The Bertz CT molecular complexity index is 612. The lowest BCUT2D eigenvalue weighted by Gasteiger charge is -2.23. The molecule has 0 aromatic heterocycles. The Hall–Kier alpha value is -2.04. The van der Waals surface area contributed by atoms with Crippen LogP contribution in [0.15, 0.2) is 24.3 Å². The van der Waals surface area contributed by atoms with E-state index in [0.29, 0.717) is 39.0 Å². The largest absolute Gasteiger partial charge is 0.494 e. The van der Waals surface area contributed by atoms with Crippen LogP contribution in [0.3, 0.4) is 0 Å². The number of aliphatic carboxylic acids is 1. The monoisotopic (exact) mass is 331 g/mol. The smallest absolute Gasteiger partial charge is 0.311 e. The van der Waals surface area contributed by atoms with Gasteiger partial charge in [0.15, 0.2) is 0 Å². The van der Waals surface area contributed by atoms with E-state index < -0.39 is 11.4 Å². The summed E-state index contributed by atoms with van der Waals surface area (Å²) in [6.07, 6.45) is 3.69. The topological polar surface area (TPSA) is 66.8 Å². The van der Waals surface area contributed by atoms with Crippen LogP contribution in [0.1, 0.15) is 38.2 Å². The molecule has 5 heteroatoms. The van der Waals surface area contributed by atoms with Crippen molar-refractivity contribution in [2.45, 2.75) is 39.0 Å². The normalized spacial score (nSPS) is 25.5. The number of hydrogen-bond donors (Lipinski definition) is 1. The van der Waals surface area contributed by atoms with E-state index in [1.54, 1.807) is 4.90 Å². The SMILES string of the molecule is CCOc1ccc(CCC(=O)N2C[C@@H]3CCC[C@@]3(C(=O)O)C2)cc1. The van der Waals surface area contributed by atoms with E-state index in [1.807, 2.05) is 31.2 Å². The molecule has 2 aliphatic rings. The van der Waals surface area contributed by atoms with Crippen molar-refractivity contribution in [3.63, 3.8) is 0 Å². The summed E-state index contributed by atoms with van der Waals surface area (Å²) in [4.78, 5) is 26.0. The van der Waals surface area contributed by atoms with Crippen LogP contribution in [-0.4, -0.2) is 41.6 Å². The van der Waals surface area contributed by atoms with Crippen LogP contribution in [-0.2, 0) is 16.0 Å². The lowest BCUT2D eigenvalue weighted by Crippen LogP contribution is -2.37. The average molecular weight is 331 g/mol. The molecule has 5 nitrogen and oxygen atoms in total. The highest BCUT2D eigenvalue weighted by molar-refractivity contribution is 5.81. The molecule has 24 heavy (non-hydrogen) atoms. The summed E-state index contributed by atoms with van der Waals surface area (Å²) in [5.41, 5.74) is 0.411. The molecule has 2 fully saturated rings. The van der Waals surface area contributed by atoms with E-state index in [-0.39, 0.29) is 11.8 Å². The summed E-state index contributed by atoms with van der Waals surface area (Å²) >= 11 is 0. The molecule has 1 saturated heterocycles. The first-order valence-corrected chi connectivity index (χ1v) is 8.78. The maximum absolute atomic E-state index is 12.5. The average Bonchev–Trinajstić information content (AvgIpc) is 3.12. The van der Waals surface area contributed by atoms with Gasteiger partial charge < -0.3 is 14.7 Å². The summed E-state index contributed by atoms with van der Waals surface area (Å²) in [6, 6.07) is 7.80. The second-order valence-corrected chi connectivity index (χ2v) is 6.90. The Morgan fingerprint density at radius 1 is 1.33 bits per heavy atom. The number of fused-ring (bicyclic) bond motifs is 1. The van der Waals surface area contributed by atoms with Crippen molar-refractivity contribution < 1.29 is 19.4 Å². The molecule has 1 aliphatic heterocycles. The fourth-order valence-corrected chi connectivity index (χ4v) is 4.16. The van der Waals surface area contributed by atoms with Crippen molar-refractivity contribution in [3.8, 4) is 5.75 Å². The molecule has 1 aromatic rings. The van der Waals surface area contributed by atoms with Crippen LogP contribution in [0.25, 0.3) is 0 Å². The van der Waals surface area contributed by atoms with E-state index >= 15 is 0 Å². The molecule has 1 amide bonds. The first-order valence-electron chi connectivity index (χ1n) is 8.78. The molecule has 1 aliphatic carbocycles. The number of carbonyl (C=O) groups is 2. The molecule has 1 aromatic carbocycles. The summed E-state index contributed by atoms with van der Waals surface area (Å²) < 4.78 is 5.41. The van der Waals surface area contributed by atoms with Crippen LogP contribution in [0.2, 0.25) is 0 Å². The van der Waals surface area contributed by atoms with Gasteiger partial charge in [-0.2, -0.15) is 0 Å². The third-order valence-electron chi connectivity index (χ3n) is 5.51. The van der Waals surface area contributed by atoms with Gasteiger partial charge >= 0.3 is 5.97 Å². The Kier molecular flexibility index (Phi) is 4.78. The number of nitrogens with zero attached hydrogens (tertiary/aromatic N) is 1. The summed E-state index contributed by atoms with van der Waals surface area (Å²) in [7, 11) is 0. The van der Waals surface area contributed by atoms with Crippen LogP contribution in [0.5, 0.6) is 5.75 Å². The van der Waals surface area contributed by atoms with Crippen molar-refractivity contribution in [1.29, 1.82) is 0 Å². The molecule has 3 rings (SSSR count). The Morgan fingerprint density at radius 3 is 2.71 bits per heavy atom. The standard InChI is InChI=1S/C19H25NO4/c1-2-24-16-8-5-14(6-9-16)7-10-17(21)20-12-15-4-3-11-19(15,13-20)18(22)23/h5-6,8-9,15H,2-4,7,10-13H2,1H3,(H,22,23)/t15-,19+/m0/s1. The number of rotatable bonds is 6. The molecule has 130 valence electrons. The Morgan fingerprint density at radius 2 is 2.08 bits per heavy atom. The van der Waals surface area contributed by atoms with E-state index in [0.717, 1.165) is 24.2 Å². The minimum absolute atomic E-state index is 0.0684. The lowest BCUT2D eigenvalue weighted by atomic mass is 9.81. The maximum Gasteiger partial charge on any atom is 0.311 e. The third kappa shape index (κ3) is 3.12. The van der Waals surface area contributed by atoms with Crippen molar-refractivity contribution in [3.05, 3.63) is 29.8 Å². The van der Waals surface area contributed by atoms with Crippen LogP contribution < -0.4 is 4.74 Å². The summed E-state index contributed by atoms with van der Waals surface area (Å²) in [5.74, 6) is 0.304. The summed E-state index contributed by atoms with van der Waals surface area (Å²) in [5, 5.41) is 9.60. The van der Waals surface area contributed by atoms with Gasteiger partial charge in [0.05, 0.1) is 12.0 Å². The van der Waals surface area contributed by atoms with Gasteiger partial charge in [0.1, 0.15) is 5.75 Å². The molecule has 2 atom stereocenters. The highest BCUT2D eigenvalue weighted by Crippen LogP contribution is 2.48. The van der Waals surface area contributed by atoms with E-state index in [4.69, 9.17) is 4.74 Å². The molecular weight excluding hydrogens is 306 g/mol. The van der Waals surface area contributed by atoms with Crippen molar-refractivity contribution in [2.75, 3.05) is 19.7 Å². The summed E-state index contributed by atoms with van der Waals surface area (Å²) in [6.45, 7) is 3.57. The molecule has 0 spiro atoms. The number of benzene rings is 1. The van der Waals surface area contributed by atoms with E-state index in [1.165, 1.54) is 0 Å². The quantitative estimate of drug-likeness (QED) is 0.870. The molecular formula is C19H25NO4. The predicted molar refractivity (Wildman–Crippen MR) is 89.9 cm³/mol. The number of carboxylic acids is 1. The minimum atomic E-state index is -0.730. The highest BCUT2D eigenvalue weighted by atomic mass is 16.5. The Labute approximate surface area is 142 Å².